The predicted molar refractivity (Wildman–Crippen MR) is 67.9 cm³/mol. The highest BCUT2D eigenvalue weighted by molar-refractivity contribution is 5.78. The summed E-state index contributed by atoms with van der Waals surface area (Å²) >= 11 is 0. The van der Waals surface area contributed by atoms with E-state index in [0.29, 0.717) is 18.4 Å². The molecule has 2 bridgehead atoms. The maximum Gasteiger partial charge on any atom is 0.323 e. The molecule has 0 aromatic carbocycles. The van der Waals surface area contributed by atoms with Crippen LogP contribution in [-0.2, 0) is 4.79 Å². The lowest BCUT2D eigenvalue weighted by atomic mass is 9.82. The molecule has 5 unspecified atom stereocenters. The minimum atomic E-state index is -0.763. The molecule has 2 rings (SSSR count). The second-order valence-electron chi connectivity index (χ2n) is 6.26. The first-order valence-corrected chi connectivity index (χ1v) is 6.97. The summed E-state index contributed by atoms with van der Waals surface area (Å²) in [6, 6.07) is 0.325. The Bertz CT molecular complexity index is 305. The molecule has 0 saturated heterocycles. The molecule has 0 amide bonds. The zero-order chi connectivity index (χ0) is 12.6. The van der Waals surface area contributed by atoms with Gasteiger partial charge in [0.05, 0.1) is 0 Å². The summed E-state index contributed by atoms with van der Waals surface area (Å²) in [5, 5.41) is 12.7. The van der Waals surface area contributed by atoms with Crippen LogP contribution in [0.15, 0.2) is 0 Å². The van der Waals surface area contributed by atoms with Crippen LogP contribution in [0.5, 0.6) is 0 Å². The zero-order valence-electron chi connectivity index (χ0n) is 11.2. The Balaban J connectivity index is 1.97. The van der Waals surface area contributed by atoms with E-state index in [2.05, 4.69) is 12.2 Å². The minimum Gasteiger partial charge on any atom is -0.480 e. The summed E-state index contributed by atoms with van der Waals surface area (Å²) in [7, 11) is 0. The first kappa shape index (κ1) is 12.9. The third kappa shape index (κ3) is 2.35. The quantitative estimate of drug-likeness (QED) is 0.775. The van der Waals surface area contributed by atoms with Crippen LogP contribution in [0.3, 0.4) is 0 Å². The largest absolute Gasteiger partial charge is 0.480 e. The maximum absolute atomic E-state index is 11.3. The van der Waals surface area contributed by atoms with E-state index in [9.17, 15) is 9.90 Å². The fourth-order valence-corrected chi connectivity index (χ4v) is 3.83. The lowest BCUT2D eigenvalue weighted by Crippen LogP contribution is -2.55. The summed E-state index contributed by atoms with van der Waals surface area (Å²) < 4.78 is 0. The van der Waals surface area contributed by atoms with Crippen LogP contribution in [0, 0.1) is 17.8 Å². The fourth-order valence-electron chi connectivity index (χ4n) is 3.83. The van der Waals surface area contributed by atoms with Crippen molar-refractivity contribution < 1.29 is 9.90 Å². The van der Waals surface area contributed by atoms with Crippen molar-refractivity contribution in [3.63, 3.8) is 0 Å². The van der Waals surface area contributed by atoms with E-state index in [4.69, 9.17) is 0 Å². The molecule has 2 saturated carbocycles. The van der Waals surface area contributed by atoms with Crippen LogP contribution in [-0.4, -0.2) is 22.7 Å². The van der Waals surface area contributed by atoms with Crippen LogP contribution in [0.4, 0.5) is 0 Å². The summed E-state index contributed by atoms with van der Waals surface area (Å²) in [5.41, 5.74) is -0.763. The summed E-state index contributed by atoms with van der Waals surface area (Å²) in [6.07, 6.45) is 6.08. The van der Waals surface area contributed by atoms with Gasteiger partial charge in [-0.15, -0.1) is 0 Å². The molecule has 0 aliphatic heterocycles. The number of aliphatic carboxylic acids is 1. The van der Waals surface area contributed by atoms with Crippen LogP contribution in [0.2, 0.25) is 0 Å². The number of hydrogen-bond acceptors (Lipinski definition) is 2. The van der Waals surface area contributed by atoms with E-state index >= 15 is 0 Å². The number of rotatable bonds is 5. The monoisotopic (exact) mass is 239 g/mol. The smallest absolute Gasteiger partial charge is 0.323 e. The number of carboxylic acids is 1. The standard InChI is InChI=1S/C14H25NO2/c1-4-14(3,13(16)17)15-9(2)12-8-10-5-6-11(12)7-10/h9-12,15H,4-8H2,1-3H3,(H,16,17). The molecule has 2 N–H and O–H groups in total. The van der Waals surface area contributed by atoms with Crippen molar-refractivity contribution in [1.29, 1.82) is 0 Å². The van der Waals surface area contributed by atoms with Gasteiger partial charge < -0.3 is 5.11 Å². The SMILES string of the molecule is CCC(C)(NC(C)C1CC2CCC1C2)C(=O)O. The Morgan fingerprint density at radius 3 is 2.59 bits per heavy atom. The van der Waals surface area contributed by atoms with E-state index in [0.717, 1.165) is 11.8 Å². The van der Waals surface area contributed by atoms with Gasteiger partial charge in [-0.1, -0.05) is 13.3 Å². The number of carbonyl (C=O) groups is 1. The second kappa shape index (κ2) is 4.60. The molecular weight excluding hydrogens is 214 g/mol. The van der Waals surface area contributed by atoms with Crippen molar-refractivity contribution in [2.75, 3.05) is 0 Å². The maximum atomic E-state index is 11.3. The number of fused-ring (bicyclic) bond motifs is 2. The number of carboxylic acid groups (broad SMARTS) is 1. The van der Waals surface area contributed by atoms with Crippen LogP contribution in [0.1, 0.15) is 52.9 Å². The molecular formula is C14H25NO2. The van der Waals surface area contributed by atoms with Gasteiger partial charge in [-0.2, -0.15) is 0 Å². The van der Waals surface area contributed by atoms with Crippen molar-refractivity contribution >= 4 is 5.97 Å². The summed E-state index contributed by atoms with van der Waals surface area (Å²) in [4.78, 5) is 11.3. The van der Waals surface area contributed by atoms with Gasteiger partial charge in [-0.05, 0) is 57.3 Å². The van der Waals surface area contributed by atoms with Crippen molar-refractivity contribution in [3.05, 3.63) is 0 Å². The molecule has 0 radical (unpaired) electrons. The Morgan fingerprint density at radius 1 is 1.47 bits per heavy atom. The Morgan fingerprint density at radius 2 is 2.18 bits per heavy atom. The molecule has 5 atom stereocenters. The van der Waals surface area contributed by atoms with Crippen molar-refractivity contribution in [1.82, 2.24) is 5.32 Å². The highest BCUT2D eigenvalue weighted by Gasteiger charge is 2.44. The summed E-state index contributed by atoms with van der Waals surface area (Å²) in [5.74, 6) is 1.73. The molecule has 0 aromatic heterocycles. The average molecular weight is 239 g/mol. The minimum absolute atomic E-state index is 0.325. The Labute approximate surface area is 104 Å². The van der Waals surface area contributed by atoms with Crippen LogP contribution in [0.25, 0.3) is 0 Å². The van der Waals surface area contributed by atoms with Gasteiger partial charge in [0.1, 0.15) is 5.54 Å². The van der Waals surface area contributed by atoms with Gasteiger partial charge in [-0.3, -0.25) is 10.1 Å². The lowest BCUT2D eigenvalue weighted by molar-refractivity contribution is -0.144. The van der Waals surface area contributed by atoms with E-state index in [-0.39, 0.29) is 0 Å². The van der Waals surface area contributed by atoms with E-state index < -0.39 is 11.5 Å². The zero-order valence-corrected chi connectivity index (χ0v) is 11.2. The Hall–Kier alpha value is -0.570. The fraction of sp³-hybridized carbons (Fsp3) is 0.929. The molecule has 3 heteroatoms. The van der Waals surface area contributed by atoms with Crippen LogP contribution < -0.4 is 5.32 Å². The lowest BCUT2D eigenvalue weighted by Gasteiger charge is -2.35. The first-order chi connectivity index (χ1) is 7.96. The molecule has 17 heavy (non-hydrogen) atoms. The average Bonchev–Trinajstić information content (AvgIpc) is 2.90. The van der Waals surface area contributed by atoms with E-state index in [1.807, 2.05) is 6.92 Å². The molecule has 98 valence electrons. The van der Waals surface area contributed by atoms with Gasteiger partial charge >= 0.3 is 5.97 Å². The van der Waals surface area contributed by atoms with Crippen molar-refractivity contribution in [3.8, 4) is 0 Å². The molecule has 2 fully saturated rings. The van der Waals surface area contributed by atoms with Gasteiger partial charge in [0.25, 0.3) is 0 Å². The predicted octanol–water partition coefficient (Wildman–Crippen LogP) is 2.65. The highest BCUT2D eigenvalue weighted by Crippen LogP contribution is 2.49. The highest BCUT2D eigenvalue weighted by atomic mass is 16.4. The Kier molecular flexibility index (Phi) is 3.48. The number of nitrogens with one attached hydrogen (secondary N) is 1. The van der Waals surface area contributed by atoms with Crippen molar-refractivity contribution in [2.45, 2.75) is 64.5 Å². The van der Waals surface area contributed by atoms with Crippen molar-refractivity contribution in [2.24, 2.45) is 17.8 Å². The topological polar surface area (TPSA) is 49.3 Å². The number of hydrogen-bond donors (Lipinski definition) is 2. The molecule has 3 nitrogen and oxygen atoms in total. The van der Waals surface area contributed by atoms with Crippen LogP contribution >= 0.6 is 0 Å². The van der Waals surface area contributed by atoms with E-state index in [1.165, 1.54) is 25.7 Å². The van der Waals surface area contributed by atoms with E-state index in [1.54, 1.807) is 6.92 Å². The van der Waals surface area contributed by atoms with Gasteiger partial charge in [0, 0.05) is 6.04 Å². The second-order valence-corrected chi connectivity index (χ2v) is 6.26. The molecule has 2 aliphatic carbocycles. The third-order valence-corrected chi connectivity index (χ3v) is 5.16. The molecule has 2 aliphatic rings. The summed E-state index contributed by atoms with van der Waals surface area (Å²) in [6.45, 7) is 5.91. The first-order valence-electron chi connectivity index (χ1n) is 6.97. The van der Waals surface area contributed by atoms with Gasteiger partial charge in [0.2, 0.25) is 0 Å². The molecule has 0 heterocycles. The molecule has 0 aromatic rings. The van der Waals surface area contributed by atoms with Gasteiger partial charge in [0.15, 0.2) is 0 Å². The third-order valence-electron chi connectivity index (χ3n) is 5.16. The van der Waals surface area contributed by atoms with Gasteiger partial charge in [-0.25, -0.2) is 0 Å². The molecule has 0 spiro atoms. The normalized spacial score (nSPS) is 36.8.